The number of aromatic nitrogens is 2. The highest BCUT2D eigenvalue weighted by molar-refractivity contribution is 7.99. The number of rotatable bonds is 3. The third kappa shape index (κ3) is 2.68. The Hall–Kier alpha value is -1.46. The van der Waals surface area contributed by atoms with Crippen LogP contribution in [0.25, 0.3) is 0 Å². The van der Waals surface area contributed by atoms with Gasteiger partial charge in [0.2, 0.25) is 0 Å². The van der Waals surface area contributed by atoms with Gasteiger partial charge in [-0.2, -0.15) is 5.10 Å². The first-order valence-electron chi connectivity index (χ1n) is 7.61. The topological polar surface area (TPSA) is 41.9 Å². The number of hydrogen-bond donors (Lipinski definition) is 2. The SMILES string of the molecule is c1ccc2c(c1)SCC[C@H]2NC[C@@H]1CNc2ccnn2C1. The second kappa shape index (κ2) is 5.73. The quantitative estimate of drug-likeness (QED) is 0.914. The van der Waals surface area contributed by atoms with E-state index in [0.717, 1.165) is 25.5 Å². The first-order valence-corrected chi connectivity index (χ1v) is 8.59. The molecule has 0 radical (unpaired) electrons. The molecule has 0 aliphatic carbocycles. The Morgan fingerprint density at radius 1 is 1.33 bits per heavy atom. The van der Waals surface area contributed by atoms with Crippen LogP contribution in [0.2, 0.25) is 0 Å². The molecule has 4 rings (SSSR count). The highest BCUT2D eigenvalue weighted by Gasteiger charge is 2.23. The molecule has 0 unspecified atom stereocenters. The largest absolute Gasteiger partial charge is 0.370 e. The maximum Gasteiger partial charge on any atom is 0.124 e. The summed E-state index contributed by atoms with van der Waals surface area (Å²) in [6.45, 7) is 3.07. The van der Waals surface area contributed by atoms with E-state index in [1.54, 1.807) is 0 Å². The van der Waals surface area contributed by atoms with Gasteiger partial charge in [0.25, 0.3) is 0 Å². The lowest BCUT2D eigenvalue weighted by molar-refractivity contribution is 0.366. The third-order valence-corrected chi connectivity index (χ3v) is 5.45. The molecule has 2 aliphatic heterocycles. The second-order valence-corrected chi connectivity index (χ2v) is 6.92. The zero-order valence-electron chi connectivity index (χ0n) is 12.0. The van der Waals surface area contributed by atoms with Gasteiger partial charge in [-0.3, -0.25) is 0 Å². The summed E-state index contributed by atoms with van der Waals surface area (Å²) < 4.78 is 2.07. The van der Waals surface area contributed by atoms with Gasteiger partial charge >= 0.3 is 0 Å². The number of anilines is 1. The van der Waals surface area contributed by atoms with Crippen molar-refractivity contribution in [2.24, 2.45) is 5.92 Å². The van der Waals surface area contributed by atoms with Crippen molar-refractivity contribution >= 4 is 17.6 Å². The Morgan fingerprint density at radius 3 is 3.29 bits per heavy atom. The van der Waals surface area contributed by atoms with Crippen molar-refractivity contribution in [2.75, 3.05) is 24.2 Å². The van der Waals surface area contributed by atoms with Gasteiger partial charge in [0.05, 0.1) is 6.20 Å². The summed E-state index contributed by atoms with van der Waals surface area (Å²) in [7, 11) is 0. The second-order valence-electron chi connectivity index (χ2n) is 5.78. The van der Waals surface area contributed by atoms with E-state index in [4.69, 9.17) is 0 Å². The molecule has 0 fully saturated rings. The van der Waals surface area contributed by atoms with Gasteiger partial charge < -0.3 is 10.6 Å². The van der Waals surface area contributed by atoms with Crippen molar-refractivity contribution in [3.8, 4) is 0 Å². The van der Waals surface area contributed by atoms with Crippen molar-refractivity contribution in [3.63, 3.8) is 0 Å². The molecule has 21 heavy (non-hydrogen) atoms. The van der Waals surface area contributed by atoms with Crippen LogP contribution >= 0.6 is 11.8 Å². The first kappa shape index (κ1) is 13.2. The summed E-state index contributed by atoms with van der Waals surface area (Å²) in [5.74, 6) is 2.95. The molecule has 4 nitrogen and oxygen atoms in total. The summed E-state index contributed by atoms with van der Waals surface area (Å²) in [5, 5.41) is 11.6. The van der Waals surface area contributed by atoms with Gasteiger partial charge in [0.15, 0.2) is 0 Å². The molecule has 2 aromatic rings. The summed E-state index contributed by atoms with van der Waals surface area (Å²) in [6.07, 6.45) is 3.08. The standard InChI is InChI=1S/C16H20N4S/c1-2-4-15-13(3-1)14(6-8-21-15)17-9-12-10-18-16-5-7-19-20(16)11-12/h1-5,7,12,14,17-18H,6,8-11H2/t12-,14-/m1/s1. The van der Waals surface area contributed by atoms with Crippen molar-refractivity contribution < 1.29 is 0 Å². The van der Waals surface area contributed by atoms with Crippen molar-refractivity contribution in [1.29, 1.82) is 0 Å². The summed E-state index contributed by atoms with van der Waals surface area (Å²) in [6, 6.07) is 11.3. The van der Waals surface area contributed by atoms with E-state index < -0.39 is 0 Å². The number of fused-ring (bicyclic) bond motifs is 2. The molecule has 0 saturated carbocycles. The van der Waals surface area contributed by atoms with E-state index in [0.29, 0.717) is 12.0 Å². The predicted molar refractivity (Wildman–Crippen MR) is 86.7 cm³/mol. The van der Waals surface area contributed by atoms with Crippen LogP contribution in [-0.2, 0) is 6.54 Å². The van der Waals surface area contributed by atoms with Gasteiger partial charge in [0, 0.05) is 42.6 Å². The van der Waals surface area contributed by atoms with Gasteiger partial charge in [-0.25, -0.2) is 4.68 Å². The Kier molecular flexibility index (Phi) is 3.61. The Bertz CT molecular complexity index is 624. The van der Waals surface area contributed by atoms with E-state index in [1.165, 1.54) is 22.6 Å². The first-order chi connectivity index (χ1) is 10.4. The molecule has 1 aromatic carbocycles. The average molecular weight is 300 g/mol. The fraction of sp³-hybridized carbons (Fsp3) is 0.438. The lowest BCUT2D eigenvalue weighted by Crippen LogP contribution is -2.37. The van der Waals surface area contributed by atoms with Crippen LogP contribution < -0.4 is 10.6 Å². The maximum atomic E-state index is 4.36. The highest BCUT2D eigenvalue weighted by atomic mass is 32.2. The molecule has 0 saturated heterocycles. The van der Waals surface area contributed by atoms with Crippen molar-refractivity contribution in [3.05, 3.63) is 42.1 Å². The molecule has 2 atom stereocenters. The van der Waals surface area contributed by atoms with Crippen LogP contribution in [0.5, 0.6) is 0 Å². The van der Waals surface area contributed by atoms with Crippen LogP contribution in [0.3, 0.4) is 0 Å². The average Bonchev–Trinajstić information content (AvgIpc) is 3.00. The zero-order chi connectivity index (χ0) is 14.1. The van der Waals surface area contributed by atoms with E-state index in [1.807, 2.05) is 24.0 Å². The molecular weight excluding hydrogens is 280 g/mol. The molecule has 0 spiro atoms. The molecule has 110 valence electrons. The smallest absolute Gasteiger partial charge is 0.124 e. The minimum absolute atomic E-state index is 0.501. The molecule has 5 heteroatoms. The minimum atomic E-state index is 0.501. The predicted octanol–water partition coefficient (Wildman–Crippen LogP) is 2.75. The van der Waals surface area contributed by atoms with E-state index >= 15 is 0 Å². The number of thioether (sulfide) groups is 1. The monoisotopic (exact) mass is 300 g/mol. The number of hydrogen-bond acceptors (Lipinski definition) is 4. The lowest BCUT2D eigenvalue weighted by Gasteiger charge is -2.30. The van der Waals surface area contributed by atoms with Crippen LogP contribution in [0.1, 0.15) is 18.0 Å². The molecule has 2 aliphatic rings. The lowest BCUT2D eigenvalue weighted by atomic mass is 10.0. The fourth-order valence-corrected chi connectivity index (χ4v) is 4.31. The van der Waals surface area contributed by atoms with Crippen LogP contribution in [0, 0.1) is 5.92 Å². The molecule has 0 amide bonds. The van der Waals surface area contributed by atoms with Gasteiger partial charge in [-0.15, -0.1) is 11.8 Å². The normalized spacial score (nSPS) is 24.0. The Morgan fingerprint density at radius 2 is 2.29 bits per heavy atom. The van der Waals surface area contributed by atoms with Gasteiger partial charge in [0.1, 0.15) is 5.82 Å². The van der Waals surface area contributed by atoms with Crippen molar-refractivity contribution in [1.82, 2.24) is 15.1 Å². The van der Waals surface area contributed by atoms with Crippen LogP contribution in [0.15, 0.2) is 41.4 Å². The molecule has 2 N–H and O–H groups in total. The van der Waals surface area contributed by atoms with Gasteiger partial charge in [-0.05, 0) is 23.8 Å². The third-order valence-electron chi connectivity index (χ3n) is 4.33. The van der Waals surface area contributed by atoms with Crippen molar-refractivity contribution in [2.45, 2.75) is 23.9 Å². The Balaban J connectivity index is 1.40. The van der Waals surface area contributed by atoms with E-state index in [-0.39, 0.29) is 0 Å². The van der Waals surface area contributed by atoms with E-state index in [9.17, 15) is 0 Å². The molecular formula is C16H20N4S. The number of nitrogens with one attached hydrogen (secondary N) is 2. The van der Waals surface area contributed by atoms with Crippen LogP contribution in [0.4, 0.5) is 5.82 Å². The molecule has 0 bridgehead atoms. The summed E-state index contributed by atoms with van der Waals surface area (Å²) in [5.41, 5.74) is 1.47. The number of benzene rings is 1. The minimum Gasteiger partial charge on any atom is -0.370 e. The maximum absolute atomic E-state index is 4.36. The molecule has 3 heterocycles. The van der Waals surface area contributed by atoms with Gasteiger partial charge in [-0.1, -0.05) is 18.2 Å². The summed E-state index contributed by atoms with van der Waals surface area (Å²) in [4.78, 5) is 1.44. The zero-order valence-corrected chi connectivity index (χ0v) is 12.8. The van der Waals surface area contributed by atoms with E-state index in [2.05, 4.69) is 44.7 Å². The fourth-order valence-electron chi connectivity index (χ4n) is 3.19. The highest BCUT2D eigenvalue weighted by Crippen LogP contribution is 2.35. The van der Waals surface area contributed by atoms with Crippen LogP contribution in [-0.4, -0.2) is 28.6 Å². The summed E-state index contributed by atoms with van der Waals surface area (Å²) >= 11 is 1.98. The Labute approximate surface area is 129 Å². The number of nitrogens with zero attached hydrogens (tertiary/aromatic N) is 2. The molecule has 1 aromatic heterocycles.